The minimum absolute atomic E-state index is 0.117. The van der Waals surface area contributed by atoms with Crippen LogP contribution in [0.5, 0.6) is 0 Å². The summed E-state index contributed by atoms with van der Waals surface area (Å²) < 4.78 is 4.65. The lowest BCUT2D eigenvalue weighted by atomic mass is 10.4. The van der Waals surface area contributed by atoms with Gasteiger partial charge in [-0.2, -0.15) is 4.98 Å². The molecule has 0 aliphatic carbocycles. The number of carbonyl (C=O) groups is 1. The average molecular weight is 170 g/mol. The Morgan fingerprint density at radius 3 is 3.00 bits per heavy atom. The van der Waals surface area contributed by atoms with Crippen molar-refractivity contribution in [3.8, 4) is 0 Å². The zero-order chi connectivity index (χ0) is 8.97. The molecule has 0 unspecified atom stereocenters. The van der Waals surface area contributed by atoms with Gasteiger partial charge in [-0.15, -0.1) is 0 Å². The molecule has 6 nitrogen and oxygen atoms in total. The number of anilines is 1. The Hall–Kier alpha value is -1.43. The summed E-state index contributed by atoms with van der Waals surface area (Å²) in [4.78, 5) is 14.7. The molecule has 12 heavy (non-hydrogen) atoms. The Kier molecular flexibility index (Phi) is 2.76. The molecule has 0 radical (unpaired) electrons. The normalized spacial score (nSPS) is 9.83. The van der Waals surface area contributed by atoms with E-state index in [1.165, 1.54) is 0 Å². The zero-order valence-electron chi connectivity index (χ0n) is 6.70. The molecule has 66 valence electrons. The van der Waals surface area contributed by atoms with E-state index in [1.54, 1.807) is 6.92 Å². The molecule has 0 atom stereocenters. The first-order valence-corrected chi connectivity index (χ1v) is 3.52. The van der Waals surface area contributed by atoms with E-state index in [0.717, 1.165) is 0 Å². The third-order valence-electron chi connectivity index (χ3n) is 1.15. The number of nitrogens with two attached hydrogens (primary N) is 1. The first-order valence-electron chi connectivity index (χ1n) is 3.52. The maximum Gasteiger partial charge on any atom is 0.328 e. The number of hydrogen-bond donors (Lipinski definition) is 2. The van der Waals surface area contributed by atoms with E-state index in [0.29, 0.717) is 12.4 Å². The molecule has 0 aliphatic heterocycles. The van der Waals surface area contributed by atoms with Gasteiger partial charge in [0, 0.05) is 13.0 Å². The quantitative estimate of drug-likeness (QED) is 0.647. The van der Waals surface area contributed by atoms with Gasteiger partial charge in [0.25, 0.3) is 0 Å². The number of aryl methyl sites for hydroxylation is 1. The van der Waals surface area contributed by atoms with E-state index in [4.69, 9.17) is 5.73 Å². The van der Waals surface area contributed by atoms with Gasteiger partial charge in [-0.05, 0) is 6.92 Å². The Bertz CT molecular complexity index is 270. The lowest BCUT2D eigenvalue weighted by Crippen LogP contribution is -2.16. The molecule has 1 amide bonds. The van der Waals surface area contributed by atoms with Gasteiger partial charge in [0.15, 0.2) is 5.82 Å². The van der Waals surface area contributed by atoms with Gasteiger partial charge >= 0.3 is 6.01 Å². The number of hydrogen-bond acceptors (Lipinski definition) is 5. The van der Waals surface area contributed by atoms with Crippen molar-refractivity contribution >= 4 is 11.9 Å². The fraction of sp³-hybridized carbons (Fsp3) is 0.500. The fourth-order valence-corrected chi connectivity index (χ4v) is 0.661. The van der Waals surface area contributed by atoms with Crippen molar-refractivity contribution in [2.45, 2.75) is 13.3 Å². The number of aromatic nitrogens is 2. The molecule has 1 heterocycles. The summed E-state index contributed by atoms with van der Waals surface area (Å²) in [5.74, 6) is 0.263. The molecule has 3 N–H and O–H groups in total. The second kappa shape index (κ2) is 3.82. The lowest BCUT2D eigenvalue weighted by molar-refractivity contribution is -0.116. The van der Waals surface area contributed by atoms with Crippen LogP contribution in [0.3, 0.4) is 0 Å². The van der Waals surface area contributed by atoms with Crippen molar-refractivity contribution in [2.75, 3.05) is 11.9 Å². The summed E-state index contributed by atoms with van der Waals surface area (Å²) in [5, 5.41) is 5.90. The van der Waals surface area contributed by atoms with Crippen LogP contribution in [0, 0.1) is 6.92 Å². The smallest absolute Gasteiger partial charge is 0.328 e. The van der Waals surface area contributed by atoms with Crippen LogP contribution in [0.25, 0.3) is 0 Å². The first-order chi connectivity index (χ1) is 5.72. The van der Waals surface area contributed by atoms with E-state index in [9.17, 15) is 4.79 Å². The molecule has 1 rings (SSSR count). The van der Waals surface area contributed by atoms with Gasteiger partial charge < -0.3 is 10.3 Å². The van der Waals surface area contributed by atoms with E-state index in [1.807, 2.05) is 0 Å². The summed E-state index contributed by atoms with van der Waals surface area (Å²) in [7, 11) is 0. The van der Waals surface area contributed by atoms with Gasteiger partial charge in [-0.3, -0.25) is 10.1 Å². The minimum atomic E-state index is -0.221. The van der Waals surface area contributed by atoms with Crippen LogP contribution in [0.4, 0.5) is 6.01 Å². The average Bonchev–Trinajstić information content (AvgIpc) is 2.36. The third kappa shape index (κ3) is 2.31. The molecule has 0 aliphatic rings. The van der Waals surface area contributed by atoms with Crippen molar-refractivity contribution in [3.05, 3.63) is 5.82 Å². The highest BCUT2D eigenvalue weighted by Crippen LogP contribution is 2.01. The van der Waals surface area contributed by atoms with Gasteiger partial charge in [0.2, 0.25) is 5.91 Å². The fourth-order valence-electron chi connectivity index (χ4n) is 0.661. The topological polar surface area (TPSA) is 94.0 Å². The van der Waals surface area contributed by atoms with Gasteiger partial charge in [0.05, 0.1) is 0 Å². The number of carbonyl (C=O) groups excluding carboxylic acids is 1. The molecule has 1 aromatic heterocycles. The molecule has 0 saturated carbocycles. The SMILES string of the molecule is Cc1noc(NC(=O)CCN)n1. The Morgan fingerprint density at radius 2 is 2.50 bits per heavy atom. The third-order valence-corrected chi connectivity index (χ3v) is 1.15. The molecule has 0 aromatic carbocycles. The van der Waals surface area contributed by atoms with Crippen molar-refractivity contribution in [2.24, 2.45) is 5.73 Å². The van der Waals surface area contributed by atoms with Crippen molar-refractivity contribution in [1.82, 2.24) is 10.1 Å². The minimum Gasteiger partial charge on any atom is -0.330 e. The predicted molar refractivity (Wildman–Crippen MR) is 41.3 cm³/mol. The summed E-state index contributed by atoms with van der Waals surface area (Å²) in [5.41, 5.74) is 5.16. The van der Waals surface area contributed by atoms with Crippen molar-refractivity contribution in [1.29, 1.82) is 0 Å². The largest absolute Gasteiger partial charge is 0.330 e. The van der Waals surface area contributed by atoms with Crippen LogP contribution in [-0.2, 0) is 4.79 Å². The van der Waals surface area contributed by atoms with Crippen LogP contribution in [-0.4, -0.2) is 22.6 Å². The highest BCUT2D eigenvalue weighted by Gasteiger charge is 2.05. The molecule has 0 fully saturated rings. The van der Waals surface area contributed by atoms with E-state index in [-0.39, 0.29) is 18.3 Å². The highest BCUT2D eigenvalue weighted by molar-refractivity contribution is 5.88. The van der Waals surface area contributed by atoms with Crippen LogP contribution in [0.1, 0.15) is 12.2 Å². The van der Waals surface area contributed by atoms with Crippen LogP contribution in [0.15, 0.2) is 4.52 Å². The number of nitrogens with one attached hydrogen (secondary N) is 1. The number of nitrogens with zero attached hydrogens (tertiary/aromatic N) is 2. The standard InChI is InChI=1S/C6H10N4O2/c1-4-8-6(12-10-4)9-5(11)2-3-7/h2-3,7H2,1H3,(H,8,9,10,11). The van der Waals surface area contributed by atoms with Crippen LogP contribution in [0.2, 0.25) is 0 Å². The molecule has 6 heteroatoms. The maximum absolute atomic E-state index is 10.9. The number of amides is 1. The van der Waals surface area contributed by atoms with Gasteiger partial charge in [-0.25, -0.2) is 0 Å². The van der Waals surface area contributed by atoms with E-state index in [2.05, 4.69) is 20.0 Å². The second-order valence-corrected chi connectivity index (χ2v) is 2.23. The summed E-state index contributed by atoms with van der Waals surface area (Å²) in [6, 6.07) is 0.117. The summed E-state index contributed by atoms with van der Waals surface area (Å²) in [6.45, 7) is 1.97. The molecule has 0 spiro atoms. The van der Waals surface area contributed by atoms with E-state index >= 15 is 0 Å². The Balaban J connectivity index is 2.46. The summed E-state index contributed by atoms with van der Waals surface area (Å²) in [6.07, 6.45) is 0.251. The number of rotatable bonds is 3. The van der Waals surface area contributed by atoms with Gasteiger partial charge in [-0.1, -0.05) is 5.16 Å². The van der Waals surface area contributed by atoms with Crippen LogP contribution >= 0.6 is 0 Å². The second-order valence-electron chi connectivity index (χ2n) is 2.23. The molecule has 0 bridgehead atoms. The molecule has 1 aromatic rings. The molecular formula is C6H10N4O2. The zero-order valence-corrected chi connectivity index (χ0v) is 6.70. The van der Waals surface area contributed by atoms with Crippen molar-refractivity contribution < 1.29 is 9.32 Å². The van der Waals surface area contributed by atoms with Crippen LogP contribution < -0.4 is 11.1 Å². The lowest BCUT2D eigenvalue weighted by Gasteiger charge is -1.95. The predicted octanol–water partition coefficient (Wildman–Crippen LogP) is -0.335. The first kappa shape index (κ1) is 8.66. The van der Waals surface area contributed by atoms with Gasteiger partial charge in [0.1, 0.15) is 0 Å². The Labute approximate surface area is 69.1 Å². The monoisotopic (exact) mass is 170 g/mol. The van der Waals surface area contributed by atoms with E-state index < -0.39 is 0 Å². The Morgan fingerprint density at radius 1 is 1.75 bits per heavy atom. The summed E-state index contributed by atoms with van der Waals surface area (Å²) >= 11 is 0. The maximum atomic E-state index is 10.9. The van der Waals surface area contributed by atoms with Crippen molar-refractivity contribution in [3.63, 3.8) is 0 Å². The molecule has 0 saturated heterocycles. The highest BCUT2D eigenvalue weighted by atomic mass is 16.5. The molecular weight excluding hydrogens is 160 g/mol.